The predicted molar refractivity (Wildman–Crippen MR) is 106 cm³/mol. The number of rotatable bonds is 5. The van der Waals surface area contributed by atoms with Gasteiger partial charge in [0, 0.05) is 77.0 Å². The first-order valence-electron chi connectivity index (χ1n) is 10.1. The van der Waals surface area contributed by atoms with Gasteiger partial charge in [-0.1, -0.05) is 0 Å². The molecule has 1 atom stereocenters. The van der Waals surface area contributed by atoms with Crippen LogP contribution in [0.5, 0.6) is 0 Å². The fourth-order valence-corrected chi connectivity index (χ4v) is 3.74. The average Bonchev–Trinajstić information content (AvgIpc) is 2.73. The number of carbonyl (C=O) groups excluding carboxylic acids is 1. The molecule has 8 nitrogen and oxygen atoms in total. The van der Waals surface area contributed by atoms with Crippen molar-refractivity contribution in [3.63, 3.8) is 0 Å². The van der Waals surface area contributed by atoms with Crippen molar-refractivity contribution >= 4 is 11.9 Å². The maximum atomic E-state index is 12.5. The van der Waals surface area contributed by atoms with Crippen LogP contribution < -0.4 is 4.90 Å². The summed E-state index contributed by atoms with van der Waals surface area (Å²) in [5.41, 5.74) is 0.682. The summed E-state index contributed by atoms with van der Waals surface area (Å²) in [4.78, 5) is 23.2. The van der Waals surface area contributed by atoms with Crippen LogP contribution in [-0.2, 0) is 9.47 Å². The van der Waals surface area contributed by atoms with Crippen LogP contribution in [0, 0.1) is 0 Å². The summed E-state index contributed by atoms with van der Waals surface area (Å²) in [6.07, 6.45) is 2.03. The molecule has 3 heterocycles. The molecule has 28 heavy (non-hydrogen) atoms. The number of anilines is 1. The number of hydrogen-bond acceptors (Lipinski definition) is 7. The van der Waals surface area contributed by atoms with Crippen LogP contribution in [0.2, 0.25) is 0 Å². The van der Waals surface area contributed by atoms with Crippen molar-refractivity contribution in [3.8, 4) is 0 Å². The lowest BCUT2D eigenvalue weighted by Crippen LogP contribution is -2.51. The Balaban J connectivity index is 1.46. The standard InChI is InChI=1S/C20H32N4O4/c1-15(2)22-10-12-24(13-11-22)20(26)28-17-5-8-23(9-6-17)18-14-16(4-7-21-18)19(25)27-3/h4,7,14-15,17,19,25H,5-6,8-13H2,1-3H3. The van der Waals surface area contributed by atoms with E-state index in [9.17, 15) is 9.90 Å². The van der Waals surface area contributed by atoms with Gasteiger partial charge in [0.05, 0.1) is 0 Å². The molecule has 1 aromatic rings. The molecule has 2 saturated heterocycles. The highest BCUT2D eigenvalue weighted by Gasteiger charge is 2.28. The predicted octanol–water partition coefficient (Wildman–Crippen LogP) is 1.85. The number of aromatic nitrogens is 1. The van der Waals surface area contributed by atoms with Crippen molar-refractivity contribution in [2.45, 2.75) is 45.1 Å². The number of hydrogen-bond donors (Lipinski definition) is 1. The summed E-state index contributed by atoms with van der Waals surface area (Å²) in [6.45, 7) is 9.16. The van der Waals surface area contributed by atoms with E-state index in [4.69, 9.17) is 9.47 Å². The molecule has 2 aliphatic heterocycles. The monoisotopic (exact) mass is 392 g/mol. The third kappa shape index (κ3) is 5.12. The van der Waals surface area contributed by atoms with Crippen LogP contribution >= 0.6 is 0 Å². The molecule has 1 aromatic heterocycles. The highest BCUT2D eigenvalue weighted by atomic mass is 16.6. The van der Waals surface area contributed by atoms with Gasteiger partial charge in [-0.15, -0.1) is 0 Å². The molecule has 0 spiro atoms. The first-order chi connectivity index (χ1) is 13.5. The Bertz CT molecular complexity index is 641. The van der Waals surface area contributed by atoms with E-state index in [0.29, 0.717) is 11.6 Å². The molecule has 2 fully saturated rings. The molecule has 0 aromatic carbocycles. The Labute approximate surface area is 167 Å². The van der Waals surface area contributed by atoms with E-state index < -0.39 is 6.29 Å². The Hall–Kier alpha value is -1.90. The van der Waals surface area contributed by atoms with E-state index in [1.54, 1.807) is 12.3 Å². The Kier molecular flexibility index (Phi) is 7.09. The van der Waals surface area contributed by atoms with Gasteiger partial charge in [0.25, 0.3) is 0 Å². The lowest BCUT2D eigenvalue weighted by molar-refractivity contribution is -0.0769. The first-order valence-corrected chi connectivity index (χ1v) is 10.1. The fraction of sp³-hybridized carbons (Fsp3) is 0.700. The Morgan fingerprint density at radius 2 is 1.86 bits per heavy atom. The van der Waals surface area contributed by atoms with Crippen LogP contribution in [0.25, 0.3) is 0 Å². The third-order valence-corrected chi connectivity index (χ3v) is 5.61. The van der Waals surface area contributed by atoms with E-state index >= 15 is 0 Å². The van der Waals surface area contributed by atoms with Gasteiger partial charge in [0.15, 0.2) is 6.29 Å². The Morgan fingerprint density at radius 1 is 1.18 bits per heavy atom. The quantitative estimate of drug-likeness (QED) is 0.766. The Morgan fingerprint density at radius 3 is 2.46 bits per heavy atom. The maximum absolute atomic E-state index is 12.5. The molecule has 2 aliphatic rings. The molecule has 0 radical (unpaired) electrons. The van der Waals surface area contributed by atoms with Crippen molar-refractivity contribution in [2.24, 2.45) is 0 Å². The minimum atomic E-state index is -0.948. The number of aliphatic hydroxyl groups excluding tert-OH is 1. The van der Waals surface area contributed by atoms with E-state index in [-0.39, 0.29) is 12.2 Å². The lowest BCUT2D eigenvalue weighted by atomic mass is 10.1. The van der Waals surface area contributed by atoms with Crippen molar-refractivity contribution < 1.29 is 19.4 Å². The van der Waals surface area contributed by atoms with E-state index in [2.05, 4.69) is 28.6 Å². The first kappa shape index (κ1) is 20.8. The number of piperazine rings is 1. The largest absolute Gasteiger partial charge is 0.446 e. The van der Waals surface area contributed by atoms with Gasteiger partial charge in [0.1, 0.15) is 11.9 Å². The van der Waals surface area contributed by atoms with Crippen molar-refractivity contribution in [1.29, 1.82) is 0 Å². The molecular weight excluding hydrogens is 360 g/mol. The van der Waals surface area contributed by atoms with Gasteiger partial charge >= 0.3 is 6.09 Å². The van der Waals surface area contributed by atoms with E-state index in [1.165, 1.54) is 7.11 Å². The molecule has 0 saturated carbocycles. The highest BCUT2D eigenvalue weighted by molar-refractivity contribution is 5.68. The second-order valence-corrected chi connectivity index (χ2v) is 7.72. The van der Waals surface area contributed by atoms with Crippen molar-refractivity contribution in [1.82, 2.24) is 14.8 Å². The van der Waals surface area contributed by atoms with Gasteiger partial charge in [-0.3, -0.25) is 4.90 Å². The highest BCUT2D eigenvalue weighted by Crippen LogP contribution is 2.23. The number of nitrogens with zero attached hydrogens (tertiary/aromatic N) is 4. The smallest absolute Gasteiger partial charge is 0.410 e. The zero-order chi connectivity index (χ0) is 20.1. The number of pyridine rings is 1. The van der Waals surface area contributed by atoms with Gasteiger partial charge < -0.3 is 24.4 Å². The summed E-state index contributed by atoms with van der Waals surface area (Å²) in [7, 11) is 1.47. The second-order valence-electron chi connectivity index (χ2n) is 7.72. The van der Waals surface area contributed by atoms with E-state index in [0.717, 1.165) is 57.9 Å². The molecule has 0 bridgehead atoms. The van der Waals surface area contributed by atoms with Crippen LogP contribution in [0.15, 0.2) is 18.3 Å². The topological polar surface area (TPSA) is 78.4 Å². The van der Waals surface area contributed by atoms with Crippen LogP contribution in [0.1, 0.15) is 38.5 Å². The molecular formula is C20H32N4O4. The summed E-state index contributed by atoms with van der Waals surface area (Å²) in [5.74, 6) is 0.809. The average molecular weight is 393 g/mol. The van der Waals surface area contributed by atoms with Crippen molar-refractivity contribution in [2.75, 3.05) is 51.3 Å². The third-order valence-electron chi connectivity index (χ3n) is 5.61. The van der Waals surface area contributed by atoms with Crippen LogP contribution in [0.4, 0.5) is 10.6 Å². The van der Waals surface area contributed by atoms with Gasteiger partial charge in [0.2, 0.25) is 0 Å². The maximum Gasteiger partial charge on any atom is 0.410 e. The van der Waals surface area contributed by atoms with Gasteiger partial charge in [-0.25, -0.2) is 9.78 Å². The molecule has 1 amide bonds. The lowest BCUT2D eigenvalue weighted by Gasteiger charge is -2.38. The molecule has 156 valence electrons. The molecule has 0 aliphatic carbocycles. The number of aliphatic hydroxyl groups is 1. The summed E-state index contributed by atoms with van der Waals surface area (Å²) >= 11 is 0. The summed E-state index contributed by atoms with van der Waals surface area (Å²) in [5, 5.41) is 9.83. The van der Waals surface area contributed by atoms with E-state index in [1.807, 2.05) is 11.0 Å². The number of carbonyl (C=O) groups is 1. The minimum Gasteiger partial charge on any atom is -0.446 e. The van der Waals surface area contributed by atoms with Crippen molar-refractivity contribution in [3.05, 3.63) is 23.9 Å². The fourth-order valence-electron chi connectivity index (χ4n) is 3.74. The second kappa shape index (κ2) is 9.54. The zero-order valence-electron chi connectivity index (χ0n) is 17.1. The number of ether oxygens (including phenoxy) is 2. The normalized spacial score (nSPS) is 20.5. The molecule has 1 unspecified atom stereocenters. The SMILES string of the molecule is COC(O)c1ccnc(N2CCC(OC(=O)N3CCN(C(C)C)CC3)CC2)c1. The summed E-state index contributed by atoms with van der Waals surface area (Å²) in [6, 6.07) is 4.10. The van der Waals surface area contributed by atoms with Gasteiger partial charge in [-0.05, 0) is 26.0 Å². The molecule has 1 N–H and O–H groups in total. The van der Waals surface area contributed by atoms with Crippen LogP contribution in [-0.4, -0.2) is 84.5 Å². The number of piperidine rings is 1. The number of methoxy groups -OCH3 is 1. The van der Waals surface area contributed by atoms with Gasteiger partial charge in [-0.2, -0.15) is 0 Å². The summed E-state index contributed by atoms with van der Waals surface area (Å²) < 4.78 is 10.7. The zero-order valence-corrected chi connectivity index (χ0v) is 17.1. The number of amides is 1. The molecule has 3 rings (SSSR count). The minimum absolute atomic E-state index is 0.0559. The molecule has 8 heteroatoms. The van der Waals surface area contributed by atoms with Crippen LogP contribution in [0.3, 0.4) is 0 Å².